The van der Waals surface area contributed by atoms with Crippen molar-refractivity contribution in [1.29, 1.82) is 0 Å². The number of rotatable bonds is 4. The van der Waals surface area contributed by atoms with E-state index < -0.39 is 0 Å². The molecule has 27 heavy (non-hydrogen) atoms. The number of ether oxygens (including phenoxy) is 2. The summed E-state index contributed by atoms with van der Waals surface area (Å²) in [5.41, 5.74) is 7.90. The summed E-state index contributed by atoms with van der Waals surface area (Å²) in [6, 6.07) is 13.5. The van der Waals surface area contributed by atoms with Crippen LogP contribution in [0.3, 0.4) is 0 Å². The van der Waals surface area contributed by atoms with Gasteiger partial charge < -0.3 is 20.5 Å². The van der Waals surface area contributed by atoms with Crippen molar-refractivity contribution in [2.24, 2.45) is 0 Å². The normalized spacial score (nSPS) is 18.5. The van der Waals surface area contributed by atoms with Gasteiger partial charge in [-0.2, -0.15) is 4.98 Å². The van der Waals surface area contributed by atoms with Crippen molar-refractivity contribution in [3.8, 4) is 11.5 Å². The lowest BCUT2D eigenvalue weighted by molar-refractivity contribution is 0.352. The van der Waals surface area contributed by atoms with E-state index in [2.05, 4.69) is 15.4 Å². The van der Waals surface area contributed by atoms with Crippen LogP contribution in [0, 0.1) is 0 Å². The van der Waals surface area contributed by atoms with Gasteiger partial charge in [0, 0.05) is 5.02 Å². The van der Waals surface area contributed by atoms with Gasteiger partial charge in [0.15, 0.2) is 11.5 Å². The molecule has 4 rings (SSSR count). The molecule has 8 heteroatoms. The summed E-state index contributed by atoms with van der Waals surface area (Å²) < 4.78 is 12.6. The van der Waals surface area contributed by atoms with Gasteiger partial charge in [-0.25, -0.2) is 4.68 Å². The third-order valence-electron chi connectivity index (χ3n) is 4.78. The minimum Gasteiger partial charge on any atom is -0.493 e. The number of nitrogens with two attached hydrogens (primary N) is 1. The maximum Gasteiger partial charge on any atom is 0.241 e. The summed E-state index contributed by atoms with van der Waals surface area (Å²) >= 11 is 6.43. The topological polar surface area (TPSA) is 87.2 Å². The van der Waals surface area contributed by atoms with Crippen molar-refractivity contribution in [3.05, 3.63) is 58.6 Å². The van der Waals surface area contributed by atoms with Crippen LogP contribution in [0.2, 0.25) is 5.02 Å². The highest BCUT2D eigenvalue weighted by molar-refractivity contribution is 6.31. The fraction of sp³-hybridized carbons (Fsp3) is 0.263. The number of benzene rings is 2. The standard InChI is InChI=1S/C19H20ClN5O2/c1-26-16-8-7-11(9-17(16)27-2)15-10-14(12-5-3-4-6-13(12)20)22-19-23-18(21)24-25(15)19/h3-9,14-15H,10H2,1-2H3,(H3,21,22,23,24)/t14-,15-/m1/s1. The molecule has 7 nitrogen and oxygen atoms in total. The molecule has 0 saturated heterocycles. The van der Waals surface area contributed by atoms with Crippen molar-refractivity contribution in [2.75, 3.05) is 25.3 Å². The van der Waals surface area contributed by atoms with Crippen LogP contribution in [0.25, 0.3) is 0 Å². The first kappa shape index (κ1) is 17.5. The Morgan fingerprint density at radius 1 is 1.15 bits per heavy atom. The van der Waals surface area contributed by atoms with Crippen molar-refractivity contribution in [2.45, 2.75) is 18.5 Å². The van der Waals surface area contributed by atoms with Crippen LogP contribution in [0.5, 0.6) is 11.5 Å². The first-order valence-electron chi connectivity index (χ1n) is 8.55. The number of aromatic nitrogens is 3. The molecule has 0 aliphatic carbocycles. The van der Waals surface area contributed by atoms with Crippen molar-refractivity contribution < 1.29 is 9.47 Å². The molecule has 0 bridgehead atoms. The maximum absolute atomic E-state index is 6.43. The van der Waals surface area contributed by atoms with Crippen LogP contribution in [0.1, 0.15) is 29.6 Å². The Bertz CT molecular complexity index is 974. The predicted molar refractivity (Wildman–Crippen MR) is 105 cm³/mol. The molecule has 1 aliphatic heterocycles. The highest BCUT2D eigenvalue weighted by Gasteiger charge is 2.32. The van der Waals surface area contributed by atoms with Gasteiger partial charge in [0.25, 0.3) is 0 Å². The van der Waals surface area contributed by atoms with E-state index in [1.54, 1.807) is 14.2 Å². The molecule has 2 atom stereocenters. The second-order valence-electron chi connectivity index (χ2n) is 6.32. The fourth-order valence-corrected chi connectivity index (χ4v) is 3.76. The highest BCUT2D eigenvalue weighted by Crippen LogP contribution is 2.41. The van der Waals surface area contributed by atoms with Gasteiger partial charge in [0.1, 0.15) is 0 Å². The van der Waals surface area contributed by atoms with Crippen molar-refractivity contribution in [3.63, 3.8) is 0 Å². The molecule has 2 heterocycles. The van der Waals surface area contributed by atoms with Gasteiger partial charge in [-0.05, 0) is 35.7 Å². The van der Waals surface area contributed by atoms with Crippen LogP contribution in [-0.4, -0.2) is 29.0 Å². The molecule has 1 aliphatic rings. The van der Waals surface area contributed by atoms with Gasteiger partial charge in [0.05, 0.1) is 26.3 Å². The molecule has 3 N–H and O–H groups in total. The molecule has 3 aromatic rings. The Kier molecular flexibility index (Phi) is 4.53. The summed E-state index contributed by atoms with van der Waals surface area (Å²) in [4.78, 5) is 4.33. The number of hydrogen-bond acceptors (Lipinski definition) is 6. The largest absolute Gasteiger partial charge is 0.493 e. The van der Waals surface area contributed by atoms with E-state index in [1.165, 1.54) is 0 Å². The lowest BCUT2D eigenvalue weighted by Crippen LogP contribution is -2.28. The Labute approximate surface area is 162 Å². The van der Waals surface area contributed by atoms with E-state index in [9.17, 15) is 0 Å². The third-order valence-corrected chi connectivity index (χ3v) is 5.12. The lowest BCUT2D eigenvalue weighted by atomic mass is 9.93. The minimum absolute atomic E-state index is 0.0205. The van der Waals surface area contributed by atoms with E-state index in [0.29, 0.717) is 22.5 Å². The van der Waals surface area contributed by atoms with E-state index in [4.69, 9.17) is 26.8 Å². The Hall–Kier alpha value is -2.93. The number of nitrogen functional groups attached to an aromatic ring is 1. The predicted octanol–water partition coefficient (Wildman–Crippen LogP) is 3.68. The molecule has 2 aromatic carbocycles. The number of anilines is 2. The molecular weight excluding hydrogens is 366 g/mol. The van der Waals surface area contributed by atoms with Crippen molar-refractivity contribution in [1.82, 2.24) is 14.8 Å². The molecule has 140 valence electrons. The summed E-state index contributed by atoms with van der Waals surface area (Å²) in [5.74, 6) is 2.18. The van der Waals surface area contributed by atoms with Crippen LogP contribution in [-0.2, 0) is 0 Å². The van der Waals surface area contributed by atoms with Gasteiger partial charge in [-0.1, -0.05) is 35.9 Å². The number of nitrogens with one attached hydrogen (secondary N) is 1. The molecule has 0 unspecified atom stereocenters. The zero-order valence-corrected chi connectivity index (χ0v) is 15.8. The number of nitrogens with zero attached hydrogens (tertiary/aromatic N) is 3. The molecule has 0 saturated carbocycles. The van der Waals surface area contributed by atoms with Crippen molar-refractivity contribution >= 4 is 23.5 Å². The monoisotopic (exact) mass is 385 g/mol. The average molecular weight is 386 g/mol. The lowest BCUT2D eigenvalue weighted by Gasteiger charge is -2.32. The van der Waals surface area contributed by atoms with Crippen LogP contribution in [0.4, 0.5) is 11.9 Å². The summed E-state index contributed by atoms with van der Waals surface area (Å²) in [5, 5.41) is 8.48. The Morgan fingerprint density at radius 2 is 1.93 bits per heavy atom. The molecule has 0 fully saturated rings. The molecule has 0 radical (unpaired) electrons. The van der Waals surface area contributed by atoms with Crippen LogP contribution in [0.15, 0.2) is 42.5 Å². The third kappa shape index (κ3) is 3.14. The van der Waals surface area contributed by atoms with Gasteiger partial charge in [-0.15, -0.1) is 5.10 Å². The quantitative estimate of drug-likeness (QED) is 0.712. The molecular formula is C19H20ClN5O2. The smallest absolute Gasteiger partial charge is 0.241 e. The van der Waals surface area contributed by atoms with Gasteiger partial charge in [-0.3, -0.25) is 0 Å². The summed E-state index contributed by atoms with van der Waals surface area (Å²) in [6.07, 6.45) is 0.731. The van der Waals surface area contributed by atoms with Gasteiger partial charge in [0.2, 0.25) is 11.9 Å². The zero-order valence-electron chi connectivity index (χ0n) is 15.0. The Balaban J connectivity index is 1.78. The number of fused-ring (bicyclic) bond motifs is 1. The van der Waals surface area contributed by atoms with Crippen LogP contribution >= 0.6 is 11.6 Å². The summed E-state index contributed by atoms with van der Waals surface area (Å²) in [6.45, 7) is 0. The van der Waals surface area contributed by atoms with E-state index in [-0.39, 0.29) is 18.0 Å². The van der Waals surface area contributed by atoms with E-state index in [0.717, 1.165) is 17.5 Å². The first-order chi connectivity index (χ1) is 13.1. The molecule has 0 amide bonds. The second-order valence-corrected chi connectivity index (χ2v) is 6.73. The minimum atomic E-state index is -0.0767. The second kappa shape index (κ2) is 7.00. The number of halogens is 1. The number of hydrogen-bond donors (Lipinski definition) is 2. The average Bonchev–Trinajstić information content (AvgIpc) is 3.07. The molecule has 1 aromatic heterocycles. The SMILES string of the molecule is COc1ccc([C@H]2C[C@H](c3ccccc3Cl)Nc3nc(N)nn32)cc1OC. The van der Waals surface area contributed by atoms with Gasteiger partial charge >= 0.3 is 0 Å². The Morgan fingerprint density at radius 3 is 2.67 bits per heavy atom. The molecule has 0 spiro atoms. The fourth-order valence-electron chi connectivity index (χ4n) is 3.49. The maximum atomic E-state index is 6.43. The zero-order chi connectivity index (χ0) is 19.0. The van der Waals surface area contributed by atoms with E-state index >= 15 is 0 Å². The van der Waals surface area contributed by atoms with E-state index in [1.807, 2.05) is 47.1 Å². The summed E-state index contributed by atoms with van der Waals surface area (Å²) in [7, 11) is 3.24. The number of methoxy groups -OCH3 is 2. The first-order valence-corrected chi connectivity index (χ1v) is 8.93. The highest BCUT2D eigenvalue weighted by atomic mass is 35.5. The van der Waals surface area contributed by atoms with Crippen LogP contribution < -0.4 is 20.5 Å².